The average molecular weight is 259 g/mol. The lowest BCUT2D eigenvalue weighted by atomic mass is 10.1. The number of nitrogen functional groups attached to an aromatic ring is 1. The van der Waals surface area contributed by atoms with Crippen molar-refractivity contribution in [3.63, 3.8) is 0 Å². The number of piperidine rings is 1. The van der Waals surface area contributed by atoms with Gasteiger partial charge in [0.25, 0.3) is 0 Å². The number of hydrogen-bond donors (Lipinski definition) is 1. The molecule has 1 fully saturated rings. The SMILES string of the molecule is COC1CCN(c2cc(Cl)c(F)cc2N)CC1. The van der Waals surface area contributed by atoms with Crippen molar-refractivity contribution >= 4 is 23.0 Å². The minimum absolute atomic E-state index is 0.114. The zero-order chi connectivity index (χ0) is 12.4. The van der Waals surface area contributed by atoms with Gasteiger partial charge in [0.1, 0.15) is 5.82 Å². The lowest BCUT2D eigenvalue weighted by Crippen LogP contribution is -2.37. The van der Waals surface area contributed by atoms with Gasteiger partial charge >= 0.3 is 0 Å². The fourth-order valence-electron chi connectivity index (χ4n) is 2.16. The quantitative estimate of drug-likeness (QED) is 0.829. The van der Waals surface area contributed by atoms with Crippen LogP contribution in [-0.4, -0.2) is 26.3 Å². The Morgan fingerprint density at radius 1 is 1.41 bits per heavy atom. The van der Waals surface area contributed by atoms with Gasteiger partial charge in [0.2, 0.25) is 0 Å². The van der Waals surface area contributed by atoms with Crippen molar-refractivity contribution in [1.82, 2.24) is 0 Å². The highest BCUT2D eigenvalue weighted by Crippen LogP contribution is 2.31. The van der Waals surface area contributed by atoms with Gasteiger partial charge in [0.15, 0.2) is 0 Å². The van der Waals surface area contributed by atoms with Gasteiger partial charge in [0.05, 0.1) is 22.5 Å². The summed E-state index contributed by atoms with van der Waals surface area (Å²) in [6, 6.07) is 2.87. The van der Waals surface area contributed by atoms with Crippen LogP contribution in [0.1, 0.15) is 12.8 Å². The molecular formula is C12H16ClFN2O. The number of rotatable bonds is 2. The van der Waals surface area contributed by atoms with Crippen LogP contribution < -0.4 is 10.6 Å². The van der Waals surface area contributed by atoms with Crippen LogP contribution in [0.2, 0.25) is 5.02 Å². The van der Waals surface area contributed by atoms with Crippen LogP contribution in [0.5, 0.6) is 0 Å². The van der Waals surface area contributed by atoms with E-state index in [4.69, 9.17) is 22.1 Å². The molecule has 1 aliphatic rings. The van der Waals surface area contributed by atoms with Crippen molar-refractivity contribution in [2.24, 2.45) is 0 Å². The topological polar surface area (TPSA) is 38.5 Å². The minimum Gasteiger partial charge on any atom is -0.397 e. The van der Waals surface area contributed by atoms with E-state index >= 15 is 0 Å². The molecule has 0 spiro atoms. The van der Waals surface area contributed by atoms with Gasteiger partial charge in [-0.15, -0.1) is 0 Å². The fraction of sp³-hybridized carbons (Fsp3) is 0.500. The lowest BCUT2D eigenvalue weighted by Gasteiger charge is -2.33. The monoisotopic (exact) mass is 258 g/mol. The maximum atomic E-state index is 13.2. The number of hydrogen-bond acceptors (Lipinski definition) is 3. The highest BCUT2D eigenvalue weighted by molar-refractivity contribution is 6.31. The lowest BCUT2D eigenvalue weighted by molar-refractivity contribution is 0.0819. The van der Waals surface area contributed by atoms with Crippen molar-refractivity contribution in [1.29, 1.82) is 0 Å². The third-order valence-corrected chi connectivity index (χ3v) is 3.48. The first-order valence-electron chi connectivity index (χ1n) is 5.64. The van der Waals surface area contributed by atoms with Crippen molar-refractivity contribution in [3.8, 4) is 0 Å². The van der Waals surface area contributed by atoms with Gasteiger partial charge < -0.3 is 15.4 Å². The average Bonchev–Trinajstić information content (AvgIpc) is 2.34. The molecule has 94 valence electrons. The maximum absolute atomic E-state index is 13.2. The predicted octanol–water partition coefficient (Wildman–Crippen LogP) is 2.68. The first-order valence-corrected chi connectivity index (χ1v) is 6.02. The second kappa shape index (κ2) is 5.10. The molecule has 5 heteroatoms. The van der Waals surface area contributed by atoms with E-state index < -0.39 is 5.82 Å². The number of nitrogens with zero attached hydrogens (tertiary/aromatic N) is 1. The van der Waals surface area contributed by atoms with E-state index in [2.05, 4.69) is 4.90 Å². The molecule has 0 saturated carbocycles. The Labute approximate surface area is 105 Å². The summed E-state index contributed by atoms with van der Waals surface area (Å²) in [4.78, 5) is 2.12. The van der Waals surface area contributed by atoms with Crippen LogP contribution in [-0.2, 0) is 4.74 Å². The number of nitrogens with two attached hydrogens (primary N) is 1. The molecule has 0 bridgehead atoms. The molecular weight excluding hydrogens is 243 g/mol. The summed E-state index contributed by atoms with van der Waals surface area (Å²) in [5, 5.41) is 0.114. The first kappa shape index (κ1) is 12.5. The molecule has 17 heavy (non-hydrogen) atoms. The van der Waals surface area contributed by atoms with Gasteiger partial charge in [0, 0.05) is 26.3 Å². The van der Waals surface area contributed by atoms with E-state index in [0.29, 0.717) is 11.8 Å². The standard InChI is InChI=1S/C12H16ClFN2O/c1-17-8-2-4-16(5-3-8)12-6-9(13)10(14)7-11(12)15/h6-8H,2-5,15H2,1H3. The van der Waals surface area contributed by atoms with E-state index in [0.717, 1.165) is 31.6 Å². The molecule has 0 atom stereocenters. The Balaban J connectivity index is 2.16. The molecule has 0 radical (unpaired) electrons. The van der Waals surface area contributed by atoms with Crippen molar-refractivity contribution in [3.05, 3.63) is 23.0 Å². The van der Waals surface area contributed by atoms with Crippen LogP contribution in [0.4, 0.5) is 15.8 Å². The van der Waals surface area contributed by atoms with Gasteiger partial charge in [-0.3, -0.25) is 0 Å². The molecule has 0 aliphatic carbocycles. The molecule has 0 amide bonds. The van der Waals surface area contributed by atoms with Gasteiger partial charge in [-0.2, -0.15) is 0 Å². The van der Waals surface area contributed by atoms with Crippen LogP contribution in [0.3, 0.4) is 0 Å². The molecule has 3 nitrogen and oxygen atoms in total. The third kappa shape index (κ3) is 2.64. The molecule has 0 aromatic heterocycles. The number of benzene rings is 1. The highest BCUT2D eigenvalue weighted by Gasteiger charge is 2.21. The highest BCUT2D eigenvalue weighted by atomic mass is 35.5. The summed E-state index contributed by atoms with van der Waals surface area (Å²) in [6.07, 6.45) is 2.21. The Kier molecular flexibility index (Phi) is 3.74. The maximum Gasteiger partial charge on any atom is 0.143 e. The summed E-state index contributed by atoms with van der Waals surface area (Å²) < 4.78 is 18.5. The number of ether oxygens (including phenoxy) is 1. The predicted molar refractivity (Wildman–Crippen MR) is 68.1 cm³/mol. The number of halogens is 2. The third-order valence-electron chi connectivity index (χ3n) is 3.19. The molecule has 1 aromatic carbocycles. The van der Waals surface area contributed by atoms with Gasteiger partial charge in [-0.1, -0.05) is 11.6 Å². The molecule has 1 aromatic rings. The zero-order valence-corrected chi connectivity index (χ0v) is 10.5. The Morgan fingerprint density at radius 3 is 2.65 bits per heavy atom. The molecule has 1 saturated heterocycles. The molecule has 2 N–H and O–H groups in total. The van der Waals surface area contributed by atoms with E-state index in [9.17, 15) is 4.39 Å². The van der Waals surface area contributed by atoms with Gasteiger partial charge in [-0.25, -0.2) is 4.39 Å². The second-order valence-corrected chi connectivity index (χ2v) is 4.65. The minimum atomic E-state index is -0.473. The molecule has 2 rings (SSSR count). The van der Waals surface area contributed by atoms with E-state index in [-0.39, 0.29) is 5.02 Å². The smallest absolute Gasteiger partial charge is 0.143 e. The first-order chi connectivity index (χ1) is 8.11. The largest absolute Gasteiger partial charge is 0.397 e. The van der Waals surface area contributed by atoms with Crippen LogP contribution >= 0.6 is 11.6 Å². The van der Waals surface area contributed by atoms with Gasteiger partial charge in [-0.05, 0) is 18.9 Å². The Hall–Kier alpha value is -1.00. The molecule has 0 unspecified atom stereocenters. The molecule has 1 aliphatic heterocycles. The van der Waals surface area contributed by atoms with Crippen LogP contribution in [0.15, 0.2) is 12.1 Å². The van der Waals surface area contributed by atoms with Crippen molar-refractivity contribution in [2.45, 2.75) is 18.9 Å². The van der Waals surface area contributed by atoms with Crippen LogP contribution in [0, 0.1) is 5.82 Å². The number of methoxy groups -OCH3 is 1. The Morgan fingerprint density at radius 2 is 2.06 bits per heavy atom. The normalized spacial score (nSPS) is 17.5. The van der Waals surface area contributed by atoms with Crippen molar-refractivity contribution < 1.29 is 9.13 Å². The van der Waals surface area contributed by atoms with E-state index in [1.165, 1.54) is 6.07 Å². The zero-order valence-electron chi connectivity index (χ0n) is 9.75. The van der Waals surface area contributed by atoms with E-state index in [1.807, 2.05) is 0 Å². The van der Waals surface area contributed by atoms with Crippen LogP contribution in [0.25, 0.3) is 0 Å². The second-order valence-electron chi connectivity index (χ2n) is 4.25. The fourth-order valence-corrected chi connectivity index (χ4v) is 2.32. The summed E-state index contributed by atoms with van der Waals surface area (Å²) in [6.45, 7) is 1.70. The number of anilines is 2. The van der Waals surface area contributed by atoms with Crippen molar-refractivity contribution in [2.75, 3.05) is 30.8 Å². The van der Waals surface area contributed by atoms with E-state index in [1.54, 1.807) is 13.2 Å². The summed E-state index contributed by atoms with van der Waals surface area (Å²) in [7, 11) is 1.73. The summed E-state index contributed by atoms with van der Waals surface area (Å²) >= 11 is 5.78. The summed E-state index contributed by atoms with van der Waals surface area (Å²) in [5.74, 6) is -0.473. The summed E-state index contributed by atoms with van der Waals surface area (Å²) in [5.41, 5.74) is 7.06. The Bertz CT molecular complexity index is 406. The molecule has 1 heterocycles.